The van der Waals surface area contributed by atoms with Crippen molar-refractivity contribution in [1.29, 1.82) is 0 Å². The highest BCUT2D eigenvalue weighted by Crippen LogP contribution is 2.42. The SMILES string of the molecule is C=C1C=NC2=C(CCC(C(=O)C3=C4C=CC(OC)=CC4N=C3)=C[C@@H]2C2=C=C(C)c3c(F)cccc3O2)C1. The van der Waals surface area contributed by atoms with Crippen molar-refractivity contribution in [3.63, 3.8) is 0 Å². The van der Waals surface area contributed by atoms with Crippen LogP contribution in [0.15, 0.2) is 110 Å². The average Bonchev–Trinajstić information content (AvgIpc) is 3.22. The van der Waals surface area contributed by atoms with Crippen molar-refractivity contribution in [2.24, 2.45) is 15.9 Å². The molecule has 0 N–H and O–H groups in total. The summed E-state index contributed by atoms with van der Waals surface area (Å²) in [5.41, 5.74) is 9.32. The van der Waals surface area contributed by atoms with E-state index < -0.39 is 5.92 Å². The predicted molar refractivity (Wildman–Crippen MR) is 142 cm³/mol. The molecule has 3 aliphatic heterocycles. The number of halogens is 1. The average molecular weight is 493 g/mol. The number of ether oxygens (including phenoxy) is 2. The van der Waals surface area contributed by atoms with Crippen LogP contribution in [0.3, 0.4) is 0 Å². The zero-order valence-corrected chi connectivity index (χ0v) is 20.7. The molecule has 184 valence electrons. The largest absolute Gasteiger partial charge is 0.497 e. The van der Waals surface area contributed by atoms with E-state index in [4.69, 9.17) is 14.5 Å². The Morgan fingerprint density at radius 3 is 2.92 bits per heavy atom. The number of hydrogen-bond acceptors (Lipinski definition) is 5. The number of carbonyl (C=O) groups excluding carboxylic acids is 1. The van der Waals surface area contributed by atoms with E-state index in [0.717, 1.165) is 28.2 Å². The van der Waals surface area contributed by atoms with Crippen LogP contribution in [0, 0.1) is 11.7 Å². The van der Waals surface area contributed by atoms with E-state index in [1.165, 1.54) is 6.07 Å². The summed E-state index contributed by atoms with van der Waals surface area (Å²) in [4.78, 5) is 23.1. The molecule has 0 saturated carbocycles. The van der Waals surface area contributed by atoms with E-state index in [9.17, 15) is 9.18 Å². The normalized spacial score (nSPS) is 23.8. The molecule has 2 atom stereocenters. The van der Waals surface area contributed by atoms with Crippen molar-refractivity contribution in [3.05, 3.63) is 111 Å². The van der Waals surface area contributed by atoms with Crippen LogP contribution >= 0.6 is 0 Å². The number of ketones is 1. The monoisotopic (exact) mass is 492 g/mol. The summed E-state index contributed by atoms with van der Waals surface area (Å²) in [5.74, 6) is 0.817. The van der Waals surface area contributed by atoms with E-state index in [1.54, 1.807) is 31.7 Å². The first kappa shape index (κ1) is 23.1. The summed E-state index contributed by atoms with van der Waals surface area (Å²) < 4.78 is 26.0. The highest BCUT2D eigenvalue weighted by atomic mass is 19.1. The third-order valence-corrected chi connectivity index (χ3v) is 7.23. The van der Waals surface area contributed by atoms with Gasteiger partial charge in [-0.15, -0.1) is 0 Å². The first-order valence-electron chi connectivity index (χ1n) is 12.3. The van der Waals surface area contributed by atoms with Crippen molar-refractivity contribution in [3.8, 4) is 5.75 Å². The molecule has 5 aliphatic rings. The Morgan fingerprint density at radius 1 is 1.22 bits per heavy atom. The van der Waals surface area contributed by atoms with E-state index in [2.05, 4.69) is 17.3 Å². The molecule has 0 saturated heterocycles. The second-order valence-electron chi connectivity index (χ2n) is 9.61. The first-order chi connectivity index (χ1) is 17.9. The van der Waals surface area contributed by atoms with Gasteiger partial charge in [0.15, 0.2) is 11.5 Å². The molecule has 3 heterocycles. The maximum Gasteiger partial charge on any atom is 0.190 e. The molecule has 0 amide bonds. The van der Waals surface area contributed by atoms with Crippen molar-refractivity contribution >= 4 is 23.8 Å². The lowest BCUT2D eigenvalue weighted by molar-refractivity contribution is -0.111. The number of benzene rings is 1. The first-order valence-corrected chi connectivity index (χ1v) is 12.3. The number of methoxy groups -OCH3 is 1. The minimum absolute atomic E-state index is 0.0589. The zero-order chi connectivity index (χ0) is 25.7. The fourth-order valence-electron chi connectivity index (χ4n) is 5.38. The minimum atomic E-state index is -0.436. The number of allylic oxidation sites excluding steroid dienone is 5. The van der Waals surface area contributed by atoms with E-state index in [1.807, 2.05) is 31.2 Å². The van der Waals surface area contributed by atoms with E-state index in [-0.39, 0.29) is 17.6 Å². The van der Waals surface area contributed by atoms with Crippen molar-refractivity contribution in [2.75, 3.05) is 7.11 Å². The van der Waals surface area contributed by atoms with Gasteiger partial charge in [0.2, 0.25) is 0 Å². The molecule has 6 rings (SSSR count). The second kappa shape index (κ2) is 8.99. The molecular weight excluding hydrogens is 467 g/mol. The topological polar surface area (TPSA) is 60.2 Å². The highest BCUT2D eigenvalue weighted by molar-refractivity contribution is 6.23. The van der Waals surface area contributed by atoms with Crippen LogP contribution in [-0.2, 0) is 9.53 Å². The molecule has 0 spiro atoms. The molecule has 0 radical (unpaired) electrons. The molecule has 1 aromatic rings. The lowest BCUT2D eigenvalue weighted by Gasteiger charge is -2.24. The lowest BCUT2D eigenvalue weighted by Crippen LogP contribution is -2.16. The molecule has 0 aromatic heterocycles. The number of nitrogens with zero attached hydrogens (tertiary/aromatic N) is 2. The maximum atomic E-state index is 14.5. The second-order valence-corrected chi connectivity index (χ2v) is 9.61. The molecule has 0 fully saturated rings. The fourth-order valence-corrected chi connectivity index (χ4v) is 5.38. The van der Waals surface area contributed by atoms with Crippen LogP contribution < -0.4 is 4.74 Å². The van der Waals surface area contributed by atoms with Gasteiger partial charge in [-0.3, -0.25) is 14.8 Å². The Bertz CT molecular complexity index is 1550. The van der Waals surface area contributed by atoms with Gasteiger partial charge in [0.1, 0.15) is 17.3 Å². The van der Waals surface area contributed by atoms with Crippen molar-refractivity contribution < 1.29 is 18.7 Å². The third kappa shape index (κ3) is 4.00. The number of aliphatic imine (C=N–C) groups is 2. The molecule has 0 bridgehead atoms. The molecule has 5 nitrogen and oxygen atoms in total. The number of Topliss-reactive ketones (excluding diaryl/α,β-unsaturated/α-hetero) is 1. The van der Waals surface area contributed by atoms with E-state index >= 15 is 0 Å². The van der Waals surface area contributed by atoms with Crippen LogP contribution in [0.25, 0.3) is 5.57 Å². The van der Waals surface area contributed by atoms with Gasteiger partial charge in [-0.05, 0) is 72.8 Å². The lowest BCUT2D eigenvalue weighted by atomic mass is 9.91. The van der Waals surface area contributed by atoms with Gasteiger partial charge in [-0.25, -0.2) is 4.39 Å². The van der Waals surface area contributed by atoms with Crippen LogP contribution in [0.1, 0.15) is 31.7 Å². The summed E-state index contributed by atoms with van der Waals surface area (Å²) in [6.07, 6.45) is 13.0. The van der Waals surface area contributed by atoms with Gasteiger partial charge in [0, 0.05) is 23.6 Å². The Morgan fingerprint density at radius 2 is 2.08 bits per heavy atom. The Kier molecular flexibility index (Phi) is 5.62. The predicted octanol–water partition coefficient (Wildman–Crippen LogP) is 6.14. The maximum absolute atomic E-state index is 14.5. The summed E-state index contributed by atoms with van der Waals surface area (Å²) in [6, 6.07) is 4.56. The van der Waals surface area contributed by atoms with Gasteiger partial charge in [0.25, 0.3) is 0 Å². The Hall–Kier alpha value is -4.28. The standard InChI is InChI=1S/C31H25FN2O3/c1-17-11-19-7-8-20(31(35)24-16-33-26-14-21(36-3)9-10-22(24)26)13-23(30(19)34-15-17)28-12-18(2)29-25(32)5-4-6-27(29)37-28/h4-6,9-10,13-16,23,26H,1,7-8,11H2,2-3H3/t23-,26?/m1/s1. The zero-order valence-electron chi connectivity index (χ0n) is 20.7. The minimum Gasteiger partial charge on any atom is -0.497 e. The Labute approximate surface area is 214 Å². The summed E-state index contributed by atoms with van der Waals surface area (Å²) in [7, 11) is 1.61. The number of rotatable bonds is 4. The summed E-state index contributed by atoms with van der Waals surface area (Å²) in [6.45, 7) is 5.90. The molecule has 37 heavy (non-hydrogen) atoms. The molecule has 1 aromatic carbocycles. The van der Waals surface area contributed by atoms with Gasteiger partial charge < -0.3 is 9.47 Å². The van der Waals surface area contributed by atoms with Crippen molar-refractivity contribution in [1.82, 2.24) is 0 Å². The molecule has 1 unspecified atom stereocenters. The van der Waals surface area contributed by atoms with Crippen LogP contribution in [0.4, 0.5) is 4.39 Å². The van der Waals surface area contributed by atoms with Gasteiger partial charge in [-0.2, -0.15) is 0 Å². The number of carbonyl (C=O) groups is 1. The van der Waals surface area contributed by atoms with Gasteiger partial charge in [-0.1, -0.05) is 30.5 Å². The molecular formula is C31H25FN2O3. The quantitative estimate of drug-likeness (QED) is 0.474. The number of hydrogen-bond donors (Lipinski definition) is 0. The molecule has 6 heteroatoms. The summed E-state index contributed by atoms with van der Waals surface area (Å²) in [5, 5.41) is 0. The third-order valence-electron chi connectivity index (χ3n) is 7.23. The summed E-state index contributed by atoms with van der Waals surface area (Å²) >= 11 is 0. The van der Waals surface area contributed by atoms with Crippen LogP contribution in [0.2, 0.25) is 0 Å². The Balaban J connectivity index is 1.43. The highest BCUT2D eigenvalue weighted by Gasteiger charge is 2.33. The van der Waals surface area contributed by atoms with Crippen LogP contribution in [0.5, 0.6) is 5.75 Å². The van der Waals surface area contributed by atoms with Gasteiger partial charge in [0.05, 0.1) is 30.3 Å². The van der Waals surface area contributed by atoms with Crippen molar-refractivity contribution in [2.45, 2.75) is 32.2 Å². The van der Waals surface area contributed by atoms with E-state index in [0.29, 0.717) is 53.1 Å². The van der Waals surface area contributed by atoms with Crippen LogP contribution in [-0.4, -0.2) is 31.4 Å². The molecule has 2 aliphatic carbocycles. The fraction of sp³-hybridized carbons (Fsp3) is 0.226. The smallest absolute Gasteiger partial charge is 0.190 e. The number of fused-ring (bicyclic) bond motifs is 2. The van der Waals surface area contributed by atoms with Gasteiger partial charge >= 0.3 is 0 Å².